The second-order valence-corrected chi connectivity index (χ2v) is 4.24. The lowest BCUT2D eigenvalue weighted by molar-refractivity contribution is 0.149. The SMILES string of the molecule is CCCNCC(O)Cn1ncc2ccccc21. The summed E-state index contributed by atoms with van der Waals surface area (Å²) in [7, 11) is 0. The van der Waals surface area contributed by atoms with Crippen LogP contribution in [0.5, 0.6) is 0 Å². The molecule has 0 spiro atoms. The lowest BCUT2D eigenvalue weighted by Crippen LogP contribution is -2.30. The van der Waals surface area contributed by atoms with Crippen LogP contribution in [0.1, 0.15) is 13.3 Å². The molecule has 0 fully saturated rings. The van der Waals surface area contributed by atoms with Crippen molar-refractivity contribution >= 4 is 10.9 Å². The molecular formula is C13H19N3O. The van der Waals surface area contributed by atoms with E-state index in [1.165, 1.54) is 0 Å². The van der Waals surface area contributed by atoms with Crippen LogP contribution in [0.25, 0.3) is 10.9 Å². The quantitative estimate of drug-likeness (QED) is 0.741. The fraction of sp³-hybridized carbons (Fsp3) is 0.462. The number of aliphatic hydroxyl groups excluding tert-OH is 1. The molecule has 0 aliphatic carbocycles. The fourth-order valence-corrected chi connectivity index (χ4v) is 1.88. The van der Waals surface area contributed by atoms with Gasteiger partial charge in [0.2, 0.25) is 0 Å². The van der Waals surface area contributed by atoms with Crippen LogP contribution in [0.15, 0.2) is 30.5 Å². The molecule has 1 unspecified atom stereocenters. The first-order valence-corrected chi connectivity index (χ1v) is 6.10. The highest BCUT2D eigenvalue weighted by Gasteiger charge is 2.07. The predicted octanol–water partition coefficient (Wildman–Crippen LogP) is 1.40. The highest BCUT2D eigenvalue weighted by molar-refractivity contribution is 5.78. The Morgan fingerprint density at radius 2 is 2.24 bits per heavy atom. The molecule has 0 bridgehead atoms. The van der Waals surface area contributed by atoms with Gasteiger partial charge in [-0.25, -0.2) is 0 Å². The zero-order valence-corrected chi connectivity index (χ0v) is 10.1. The van der Waals surface area contributed by atoms with E-state index in [-0.39, 0.29) is 0 Å². The lowest BCUT2D eigenvalue weighted by atomic mass is 10.2. The number of nitrogens with zero attached hydrogens (tertiary/aromatic N) is 2. The van der Waals surface area contributed by atoms with Crippen molar-refractivity contribution in [3.63, 3.8) is 0 Å². The maximum Gasteiger partial charge on any atom is 0.0860 e. The van der Waals surface area contributed by atoms with Gasteiger partial charge in [-0.2, -0.15) is 5.10 Å². The summed E-state index contributed by atoms with van der Waals surface area (Å²) in [5.41, 5.74) is 1.07. The van der Waals surface area contributed by atoms with Crippen molar-refractivity contribution in [3.05, 3.63) is 30.5 Å². The van der Waals surface area contributed by atoms with Crippen molar-refractivity contribution in [2.24, 2.45) is 0 Å². The summed E-state index contributed by atoms with van der Waals surface area (Å²) in [5.74, 6) is 0. The summed E-state index contributed by atoms with van der Waals surface area (Å²) >= 11 is 0. The third kappa shape index (κ3) is 3.05. The molecule has 1 aromatic carbocycles. The summed E-state index contributed by atoms with van der Waals surface area (Å²) in [6.45, 7) is 4.20. The number of fused-ring (bicyclic) bond motifs is 1. The predicted molar refractivity (Wildman–Crippen MR) is 68.9 cm³/mol. The van der Waals surface area contributed by atoms with Gasteiger partial charge in [0.15, 0.2) is 0 Å². The van der Waals surface area contributed by atoms with Crippen LogP contribution in [0.3, 0.4) is 0 Å². The molecule has 2 N–H and O–H groups in total. The number of hydrogen-bond donors (Lipinski definition) is 2. The molecule has 0 saturated heterocycles. The van der Waals surface area contributed by atoms with Crippen LogP contribution < -0.4 is 5.32 Å². The Bertz CT molecular complexity index is 466. The Hall–Kier alpha value is -1.39. The van der Waals surface area contributed by atoms with Gasteiger partial charge >= 0.3 is 0 Å². The molecule has 17 heavy (non-hydrogen) atoms. The number of rotatable bonds is 6. The molecule has 1 heterocycles. The highest BCUT2D eigenvalue weighted by atomic mass is 16.3. The van der Waals surface area contributed by atoms with E-state index >= 15 is 0 Å². The molecule has 0 aliphatic heterocycles. The van der Waals surface area contributed by atoms with Gasteiger partial charge in [-0.15, -0.1) is 0 Å². The minimum Gasteiger partial charge on any atom is -0.390 e. The molecule has 1 aromatic heterocycles. The smallest absolute Gasteiger partial charge is 0.0860 e. The van der Waals surface area contributed by atoms with E-state index in [0.29, 0.717) is 13.1 Å². The van der Waals surface area contributed by atoms with Crippen LogP contribution in [0, 0.1) is 0 Å². The summed E-state index contributed by atoms with van der Waals surface area (Å²) < 4.78 is 1.85. The number of aliphatic hydroxyl groups is 1. The highest BCUT2D eigenvalue weighted by Crippen LogP contribution is 2.12. The largest absolute Gasteiger partial charge is 0.390 e. The monoisotopic (exact) mass is 233 g/mol. The van der Waals surface area contributed by atoms with Gasteiger partial charge in [-0.1, -0.05) is 25.1 Å². The van der Waals surface area contributed by atoms with Crippen LogP contribution in [-0.4, -0.2) is 34.1 Å². The first-order chi connectivity index (χ1) is 8.31. The van der Waals surface area contributed by atoms with Gasteiger partial charge < -0.3 is 10.4 Å². The van der Waals surface area contributed by atoms with E-state index in [2.05, 4.69) is 17.3 Å². The van der Waals surface area contributed by atoms with Gasteiger partial charge in [0, 0.05) is 11.9 Å². The van der Waals surface area contributed by atoms with Crippen molar-refractivity contribution in [3.8, 4) is 0 Å². The van der Waals surface area contributed by atoms with Crippen molar-refractivity contribution in [2.45, 2.75) is 26.0 Å². The van der Waals surface area contributed by atoms with Gasteiger partial charge in [-0.3, -0.25) is 4.68 Å². The van der Waals surface area contributed by atoms with Crippen LogP contribution in [0.2, 0.25) is 0 Å². The minimum absolute atomic E-state index is 0.398. The number of para-hydroxylation sites is 1. The van der Waals surface area contributed by atoms with Gasteiger partial charge in [-0.05, 0) is 19.0 Å². The average Bonchev–Trinajstić information content (AvgIpc) is 2.73. The van der Waals surface area contributed by atoms with E-state index < -0.39 is 6.10 Å². The van der Waals surface area contributed by atoms with Crippen molar-refractivity contribution in [1.82, 2.24) is 15.1 Å². The zero-order valence-electron chi connectivity index (χ0n) is 10.1. The molecule has 92 valence electrons. The third-order valence-electron chi connectivity index (χ3n) is 2.74. The fourth-order valence-electron chi connectivity index (χ4n) is 1.88. The van der Waals surface area contributed by atoms with Crippen molar-refractivity contribution in [2.75, 3.05) is 13.1 Å². The summed E-state index contributed by atoms with van der Waals surface area (Å²) in [6.07, 6.45) is 2.52. The molecule has 1 atom stereocenters. The molecular weight excluding hydrogens is 214 g/mol. The minimum atomic E-state index is -0.398. The summed E-state index contributed by atoms with van der Waals surface area (Å²) in [5, 5.41) is 18.5. The topological polar surface area (TPSA) is 50.1 Å². The maximum absolute atomic E-state index is 9.88. The van der Waals surface area contributed by atoms with Crippen LogP contribution in [-0.2, 0) is 6.54 Å². The Labute approximate surface area is 101 Å². The molecule has 2 rings (SSSR count). The summed E-state index contributed by atoms with van der Waals surface area (Å²) in [6, 6.07) is 8.03. The normalized spacial score (nSPS) is 13.1. The Kier molecular flexibility index (Phi) is 4.12. The third-order valence-corrected chi connectivity index (χ3v) is 2.74. The molecule has 0 aliphatic rings. The Balaban J connectivity index is 1.98. The average molecular weight is 233 g/mol. The summed E-state index contributed by atoms with van der Waals surface area (Å²) in [4.78, 5) is 0. The maximum atomic E-state index is 9.88. The van der Waals surface area contributed by atoms with Crippen LogP contribution >= 0.6 is 0 Å². The Morgan fingerprint density at radius 1 is 1.41 bits per heavy atom. The number of aromatic nitrogens is 2. The first-order valence-electron chi connectivity index (χ1n) is 6.10. The molecule has 0 radical (unpaired) electrons. The second-order valence-electron chi connectivity index (χ2n) is 4.24. The molecule has 4 heteroatoms. The molecule has 0 saturated carbocycles. The zero-order chi connectivity index (χ0) is 12.1. The number of hydrogen-bond acceptors (Lipinski definition) is 3. The van der Waals surface area contributed by atoms with Gasteiger partial charge in [0.05, 0.1) is 24.4 Å². The lowest BCUT2D eigenvalue weighted by Gasteiger charge is -2.12. The second kappa shape index (κ2) is 5.80. The molecule has 0 amide bonds. The molecule has 2 aromatic rings. The van der Waals surface area contributed by atoms with Gasteiger partial charge in [0.25, 0.3) is 0 Å². The van der Waals surface area contributed by atoms with E-state index in [9.17, 15) is 5.11 Å². The van der Waals surface area contributed by atoms with E-state index in [4.69, 9.17) is 0 Å². The van der Waals surface area contributed by atoms with E-state index in [0.717, 1.165) is 23.9 Å². The van der Waals surface area contributed by atoms with Crippen molar-refractivity contribution < 1.29 is 5.11 Å². The first kappa shape index (κ1) is 12.1. The Morgan fingerprint density at radius 3 is 3.06 bits per heavy atom. The van der Waals surface area contributed by atoms with E-state index in [1.807, 2.05) is 35.1 Å². The number of nitrogens with one attached hydrogen (secondary N) is 1. The van der Waals surface area contributed by atoms with E-state index in [1.54, 1.807) is 0 Å². The number of benzene rings is 1. The van der Waals surface area contributed by atoms with Crippen molar-refractivity contribution in [1.29, 1.82) is 0 Å². The standard InChI is InChI=1S/C13H19N3O/c1-2-7-14-9-12(17)10-16-13-6-4-3-5-11(13)8-15-16/h3-6,8,12,14,17H,2,7,9-10H2,1H3. The van der Waals surface area contributed by atoms with Gasteiger partial charge in [0.1, 0.15) is 0 Å². The molecule has 4 nitrogen and oxygen atoms in total. The van der Waals surface area contributed by atoms with Crippen LogP contribution in [0.4, 0.5) is 0 Å².